The summed E-state index contributed by atoms with van der Waals surface area (Å²) in [7, 11) is 2.05. The van der Waals surface area contributed by atoms with Gasteiger partial charge in [-0.3, -0.25) is 9.69 Å². The van der Waals surface area contributed by atoms with Crippen LogP contribution in [0, 0.1) is 0 Å². The highest BCUT2D eigenvalue weighted by Crippen LogP contribution is 2.23. The number of amides is 1. The van der Waals surface area contributed by atoms with Gasteiger partial charge in [-0.1, -0.05) is 24.3 Å². The van der Waals surface area contributed by atoms with Gasteiger partial charge in [0, 0.05) is 26.2 Å². The van der Waals surface area contributed by atoms with Crippen LogP contribution in [0.5, 0.6) is 0 Å². The molecule has 3 rings (SSSR count). The fraction of sp³-hybridized carbons (Fsp3) is 0.562. The van der Waals surface area contributed by atoms with Gasteiger partial charge in [-0.15, -0.1) is 0 Å². The molecule has 0 N–H and O–H groups in total. The Balaban J connectivity index is 1.75. The lowest BCUT2D eigenvalue weighted by molar-refractivity contribution is -0.137. The molecule has 108 valence electrons. The summed E-state index contributed by atoms with van der Waals surface area (Å²) in [4.78, 5) is 16.9. The van der Waals surface area contributed by atoms with Crippen LogP contribution in [0.15, 0.2) is 24.3 Å². The quantitative estimate of drug-likeness (QED) is 0.773. The first-order valence-electron chi connectivity index (χ1n) is 7.39. The van der Waals surface area contributed by atoms with E-state index in [-0.39, 0.29) is 11.9 Å². The largest absolute Gasteiger partial charge is 0.380 e. The molecule has 4 heteroatoms. The van der Waals surface area contributed by atoms with E-state index in [1.165, 1.54) is 11.1 Å². The Labute approximate surface area is 120 Å². The van der Waals surface area contributed by atoms with E-state index >= 15 is 0 Å². The Morgan fingerprint density at radius 1 is 1.20 bits per heavy atom. The van der Waals surface area contributed by atoms with Crippen molar-refractivity contribution < 1.29 is 9.53 Å². The van der Waals surface area contributed by atoms with Gasteiger partial charge in [0.05, 0.1) is 12.6 Å². The third-order valence-electron chi connectivity index (χ3n) is 4.30. The van der Waals surface area contributed by atoms with Gasteiger partial charge in [0.25, 0.3) is 0 Å². The average Bonchev–Trinajstić information content (AvgIpc) is 2.75. The molecular weight excluding hydrogens is 252 g/mol. The minimum Gasteiger partial charge on any atom is -0.380 e. The van der Waals surface area contributed by atoms with Gasteiger partial charge in [0.2, 0.25) is 5.91 Å². The van der Waals surface area contributed by atoms with Gasteiger partial charge in [0.15, 0.2) is 0 Å². The number of nitrogens with zero attached hydrogens (tertiary/aromatic N) is 2. The van der Waals surface area contributed by atoms with Gasteiger partial charge < -0.3 is 9.64 Å². The summed E-state index contributed by atoms with van der Waals surface area (Å²) in [6.45, 7) is 3.85. The van der Waals surface area contributed by atoms with Crippen LogP contribution < -0.4 is 0 Å². The van der Waals surface area contributed by atoms with Crippen molar-refractivity contribution in [2.24, 2.45) is 0 Å². The van der Waals surface area contributed by atoms with Gasteiger partial charge in [-0.25, -0.2) is 0 Å². The molecular formula is C16H22N2O2. The SMILES string of the molecule is CN1Cc2ccccc2CC1C(=O)N1CCCOCC1. The Morgan fingerprint density at radius 2 is 2.00 bits per heavy atom. The highest BCUT2D eigenvalue weighted by molar-refractivity contribution is 5.82. The molecule has 1 aromatic rings. The molecule has 0 radical (unpaired) electrons. The predicted octanol–water partition coefficient (Wildman–Crippen LogP) is 1.29. The molecule has 1 atom stereocenters. The van der Waals surface area contributed by atoms with Crippen molar-refractivity contribution in [2.45, 2.75) is 25.4 Å². The number of rotatable bonds is 1. The Kier molecular flexibility index (Phi) is 4.03. The summed E-state index contributed by atoms with van der Waals surface area (Å²) in [6, 6.07) is 8.41. The van der Waals surface area contributed by atoms with Crippen LogP contribution in [-0.2, 0) is 22.5 Å². The first kappa shape index (κ1) is 13.6. The normalized spacial score (nSPS) is 24.1. The number of hydrogen-bond acceptors (Lipinski definition) is 3. The van der Waals surface area contributed by atoms with Crippen LogP contribution >= 0.6 is 0 Å². The van der Waals surface area contributed by atoms with Crippen molar-refractivity contribution in [3.8, 4) is 0 Å². The summed E-state index contributed by atoms with van der Waals surface area (Å²) >= 11 is 0. The highest BCUT2D eigenvalue weighted by Gasteiger charge is 2.32. The van der Waals surface area contributed by atoms with Gasteiger partial charge in [0.1, 0.15) is 0 Å². The van der Waals surface area contributed by atoms with Crippen molar-refractivity contribution in [1.29, 1.82) is 0 Å². The summed E-state index contributed by atoms with van der Waals surface area (Å²) in [5, 5.41) is 0. The minimum absolute atomic E-state index is 0.0250. The molecule has 2 aliphatic heterocycles. The lowest BCUT2D eigenvalue weighted by atomic mass is 9.93. The molecule has 0 aromatic heterocycles. The van der Waals surface area contributed by atoms with Crippen LogP contribution in [-0.4, -0.2) is 55.1 Å². The van der Waals surface area contributed by atoms with E-state index in [0.717, 1.165) is 39.1 Å². The van der Waals surface area contributed by atoms with Crippen molar-refractivity contribution in [1.82, 2.24) is 9.80 Å². The van der Waals surface area contributed by atoms with Crippen LogP contribution in [0.2, 0.25) is 0 Å². The van der Waals surface area contributed by atoms with Crippen LogP contribution in [0.1, 0.15) is 17.5 Å². The number of ether oxygens (including phenoxy) is 1. The molecule has 0 saturated carbocycles. The number of carbonyl (C=O) groups is 1. The standard InChI is InChI=1S/C16H22N2O2/c1-17-12-14-6-3-2-5-13(14)11-15(17)16(19)18-7-4-9-20-10-8-18/h2-3,5-6,15H,4,7-12H2,1H3. The lowest BCUT2D eigenvalue weighted by Gasteiger charge is -2.36. The van der Waals surface area contributed by atoms with Crippen LogP contribution in [0.25, 0.3) is 0 Å². The molecule has 2 aliphatic rings. The molecule has 0 bridgehead atoms. The first-order chi connectivity index (χ1) is 9.75. The molecule has 20 heavy (non-hydrogen) atoms. The smallest absolute Gasteiger partial charge is 0.240 e. The second-order valence-electron chi connectivity index (χ2n) is 5.69. The summed E-state index contributed by atoms with van der Waals surface area (Å²) < 4.78 is 5.44. The number of hydrogen-bond donors (Lipinski definition) is 0. The van der Waals surface area contributed by atoms with Gasteiger partial charge >= 0.3 is 0 Å². The van der Waals surface area contributed by atoms with Gasteiger partial charge in [-0.2, -0.15) is 0 Å². The minimum atomic E-state index is -0.0250. The van der Waals surface area contributed by atoms with E-state index < -0.39 is 0 Å². The van der Waals surface area contributed by atoms with Crippen LogP contribution in [0.4, 0.5) is 0 Å². The Morgan fingerprint density at radius 3 is 2.85 bits per heavy atom. The molecule has 0 spiro atoms. The molecule has 1 amide bonds. The highest BCUT2D eigenvalue weighted by atomic mass is 16.5. The maximum absolute atomic E-state index is 12.8. The maximum atomic E-state index is 12.8. The van der Waals surface area contributed by atoms with Crippen molar-refractivity contribution in [3.05, 3.63) is 35.4 Å². The topological polar surface area (TPSA) is 32.8 Å². The molecule has 1 unspecified atom stereocenters. The maximum Gasteiger partial charge on any atom is 0.240 e. The van der Waals surface area contributed by atoms with Crippen molar-refractivity contribution >= 4 is 5.91 Å². The summed E-state index contributed by atoms with van der Waals surface area (Å²) in [6.07, 6.45) is 1.77. The zero-order valence-corrected chi connectivity index (χ0v) is 12.0. The summed E-state index contributed by atoms with van der Waals surface area (Å²) in [5.74, 6) is 0.257. The zero-order valence-electron chi connectivity index (χ0n) is 12.0. The second kappa shape index (κ2) is 5.94. The molecule has 1 aromatic carbocycles. The average molecular weight is 274 g/mol. The number of likely N-dealkylation sites (N-methyl/N-ethyl adjacent to an activating group) is 1. The second-order valence-corrected chi connectivity index (χ2v) is 5.69. The van der Waals surface area contributed by atoms with Crippen molar-refractivity contribution in [2.75, 3.05) is 33.4 Å². The van der Waals surface area contributed by atoms with E-state index in [0.29, 0.717) is 6.61 Å². The fourth-order valence-electron chi connectivity index (χ4n) is 3.11. The Hall–Kier alpha value is -1.39. The number of benzene rings is 1. The predicted molar refractivity (Wildman–Crippen MR) is 77.4 cm³/mol. The van der Waals surface area contributed by atoms with E-state index in [4.69, 9.17) is 4.74 Å². The molecule has 4 nitrogen and oxygen atoms in total. The van der Waals surface area contributed by atoms with Crippen LogP contribution in [0.3, 0.4) is 0 Å². The van der Waals surface area contributed by atoms with Gasteiger partial charge in [-0.05, 0) is 31.0 Å². The molecule has 2 heterocycles. The van der Waals surface area contributed by atoms with E-state index in [1.54, 1.807) is 0 Å². The third-order valence-corrected chi connectivity index (χ3v) is 4.30. The third kappa shape index (κ3) is 2.72. The number of fused-ring (bicyclic) bond motifs is 1. The first-order valence-corrected chi connectivity index (χ1v) is 7.39. The number of carbonyl (C=O) groups excluding carboxylic acids is 1. The monoisotopic (exact) mass is 274 g/mol. The fourth-order valence-corrected chi connectivity index (χ4v) is 3.11. The molecule has 1 saturated heterocycles. The van der Waals surface area contributed by atoms with E-state index in [9.17, 15) is 4.79 Å². The summed E-state index contributed by atoms with van der Waals surface area (Å²) in [5.41, 5.74) is 2.66. The van der Waals surface area contributed by atoms with E-state index in [1.807, 2.05) is 11.9 Å². The zero-order chi connectivity index (χ0) is 13.9. The Bertz CT molecular complexity index is 481. The van der Waals surface area contributed by atoms with Crippen molar-refractivity contribution in [3.63, 3.8) is 0 Å². The molecule has 1 fully saturated rings. The molecule has 0 aliphatic carbocycles. The lowest BCUT2D eigenvalue weighted by Crippen LogP contribution is -2.50. The van der Waals surface area contributed by atoms with E-state index in [2.05, 4.69) is 29.2 Å².